The molecule has 4 rings (SSSR count). The lowest BCUT2D eigenvalue weighted by Crippen LogP contribution is -2.29. The summed E-state index contributed by atoms with van der Waals surface area (Å²) in [5, 5.41) is 21.5. The summed E-state index contributed by atoms with van der Waals surface area (Å²) in [6, 6.07) is 15.5. The molecule has 30 heavy (non-hydrogen) atoms. The van der Waals surface area contributed by atoms with E-state index in [0.29, 0.717) is 4.90 Å². The molecule has 0 unspecified atom stereocenters. The molecule has 2 amide bonds. The van der Waals surface area contributed by atoms with Crippen molar-refractivity contribution < 1.29 is 29.2 Å². The number of ether oxygens (including phenoxy) is 1. The number of hydrogen-bond acceptors (Lipinski definition) is 7. The maximum atomic E-state index is 12.7. The number of esters is 1. The standard InChI is InChI=1S/C21H12N2O7/c24-17-11-12(9-10-14(17)21(27)30-13-5-2-1-3-6-13)22-19(25)15-7-4-8-16(23(28)29)18(15)20(22)26/h1-11,24H. The maximum Gasteiger partial charge on any atom is 0.347 e. The van der Waals surface area contributed by atoms with Crippen molar-refractivity contribution in [2.75, 3.05) is 4.90 Å². The van der Waals surface area contributed by atoms with Gasteiger partial charge >= 0.3 is 5.97 Å². The van der Waals surface area contributed by atoms with Crippen molar-refractivity contribution in [2.24, 2.45) is 0 Å². The fourth-order valence-corrected chi connectivity index (χ4v) is 3.14. The molecule has 0 radical (unpaired) electrons. The van der Waals surface area contributed by atoms with Crippen molar-refractivity contribution in [3.63, 3.8) is 0 Å². The van der Waals surface area contributed by atoms with Gasteiger partial charge in [0.15, 0.2) is 0 Å². The number of phenols is 1. The molecule has 0 saturated heterocycles. The number of phenolic OH excluding ortho intramolecular Hbond substituents is 1. The van der Waals surface area contributed by atoms with Crippen molar-refractivity contribution in [3.05, 3.63) is 93.5 Å². The number of carbonyl (C=O) groups excluding carboxylic acids is 3. The molecule has 0 atom stereocenters. The highest BCUT2D eigenvalue weighted by Crippen LogP contribution is 2.35. The summed E-state index contributed by atoms with van der Waals surface area (Å²) in [6.07, 6.45) is 0. The average molecular weight is 404 g/mol. The van der Waals surface area contributed by atoms with E-state index in [-0.39, 0.29) is 28.1 Å². The van der Waals surface area contributed by atoms with E-state index in [4.69, 9.17) is 4.74 Å². The molecule has 3 aromatic carbocycles. The molecule has 0 aromatic heterocycles. The Hall–Kier alpha value is -4.53. The quantitative estimate of drug-likeness (QED) is 0.232. The van der Waals surface area contributed by atoms with Crippen molar-refractivity contribution in [2.45, 2.75) is 0 Å². The predicted molar refractivity (Wildman–Crippen MR) is 104 cm³/mol. The first-order chi connectivity index (χ1) is 14.4. The van der Waals surface area contributed by atoms with E-state index in [9.17, 15) is 29.6 Å². The Morgan fingerprint density at radius 1 is 0.967 bits per heavy atom. The van der Waals surface area contributed by atoms with E-state index in [1.807, 2.05) is 0 Å². The zero-order chi connectivity index (χ0) is 21.4. The minimum Gasteiger partial charge on any atom is -0.507 e. The number of carbonyl (C=O) groups is 3. The highest BCUT2D eigenvalue weighted by Gasteiger charge is 2.42. The number of hydrogen-bond donors (Lipinski definition) is 1. The van der Waals surface area contributed by atoms with Crippen LogP contribution in [0.5, 0.6) is 11.5 Å². The molecule has 0 spiro atoms. The molecule has 1 aliphatic heterocycles. The lowest BCUT2D eigenvalue weighted by molar-refractivity contribution is -0.385. The lowest BCUT2D eigenvalue weighted by atomic mass is 10.1. The summed E-state index contributed by atoms with van der Waals surface area (Å²) in [6.45, 7) is 0. The normalized spacial score (nSPS) is 12.6. The second-order valence-electron chi connectivity index (χ2n) is 6.31. The molecule has 1 heterocycles. The second-order valence-corrected chi connectivity index (χ2v) is 6.31. The van der Waals surface area contributed by atoms with Gasteiger partial charge < -0.3 is 9.84 Å². The highest BCUT2D eigenvalue weighted by molar-refractivity contribution is 6.35. The third-order valence-corrected chi connectivity index (χ3v) is 4.50. The zero-order valence-electron chi connectivity index (χ0n) is 15.1. The van der Waals surface area contributed by atoms with Crippen LogP contribution in [0.3, 0.4) is 0 Å². The monoisotopic (exact) mass is 404 g/mol. The van der Waals surface area contributed by atoms with Crippen LogP contribution < -0.4 is 9.64 Å². The Morgan fingerprint density at radius 2 is 1.70 bits per heavy atom. The first kappa shape index (κ1) is 18.8. The van der Waals surface area contributed by atoms with Gasteiger partial charge in [0.25, 0.3) is 17.5 Å². The van der Waals surface area contributed by atoms with Crippen LogP contribution in [0, 0.1) is 10.1 Å². The maximum absolute atomic E-state index is 12.7. The van der Waals surface area contributed by atoms with E-state index in [1.54, 1.807) is 30.3 Å². The number of nitro benzene ring substituents is 1. The smallest absolute Gasteiger partial charge is 0.347 e. The minimum atomic E-state index is -0.888. The average Bonchev–Trinajstić information content (AvgIpc) is 2.99. The first-order valence-electron chi connectivity index (χ1n) is 8.65. The van der Waals surface area contributed by atoms with Gasteiger partial charge in [-0.15, -0.1) is 0 Å². The summed E-state index contributed by atoms with van der Waals surface area (Å²) in [5.74, 6) is -2.72. The summed E-state index contributed by atoms with van der Waals surface area (Å²) in [5.41, 5.74) is -1.13. The molecular formula is C21H12N2O7. The molecule has 1 N–H and O–H groups in total. The Labute approximate surface area is 168 Å². The van der Waals surface area contributed by atoms with Crippen molar-refractivity contribution in [1.82, 2.24) is 0 Å². The lowest BCUT2D eigenvalue weighted by Gasteiger charge is -2.15. The molecule has 0 saturated carbocycles. The van der Waals surface area contributed by atoms with Gasteiger partial charge in [0.05, 0.1) is 16.2 Å². The fraction of sp³-hybridized carbons (Fsp3) is 0. The number of nitrogens with zero attached hydrogens (tertiary/aromatic N) is 2. The van der Waals surface area contributed by atoms with Crippen LogP contribution in [0.2, 0.25) is 0 Å². The van der Waals surface area contributed by atoms with Gasteiger partial charge in [0.1, 0.15) is 22.6 Å². The summed E-state index contributed by atoms with van der Waals surface area (Å²) in [7, 11) is 0. The molecular weight excluding hydrogens is 392 g/mol. The molecule has 148 valence electrons. The van der Waals surface area contributed by atoms with Crippen LogP contribution >= 0.6 is 0 Å². The topological polar surface area (TPSA) is 127 Å². The second kappa shape index (κ2) is 7.13. The number of nitro groups is 1. The van der Waals surface area contributed by atoms with Crippen LogP contribution in [-0.2, 0) is 0 Å². The van der Waals surface area contributed by atoms with Crippen LogP contribution in [-0.4, -0.2) is 27.8 Å². The molecule has 0 fully saturated rings. The number of anilines is 1. The summed E-state index contributed by atoms with van der Waals surface area (Å²) in [4.78, 5) is 48.9. The molecule has 9 nitrogen and oxygen atoms in total. The van der Waals surface area contributed by atoms with Crippen molar-refractivity contribution in [1.29, 1.82) is 0 Å². The third-order valence-electron chi connectivity index (χ3n) is 4.50. The molecule has 0 bridgehead atoms. The fourth-order valence-electron chi connectivity index (χ4n) is 3.14. The summed E-state index contributed by atoms with van der Waals surface area (Å²) >= 11 is 0. The van der Waals surface area contributed by atoms with Gasteiger partial charge in [-0.2, -0.15) is 0 Å². The third kappa shape index (κ3) is 3.04. The molecule has 0 aliphatic carbocycles. The van der Waals surface area contributed by atoms with E-state index in [1.165, 1.54) is 24.3 Å². The first-order valence-corrected chi connectivity index (χ1v) is 8.65. The zero-order valence-corrected chi connectivity index (χ0v) is 15.1. The van der Waals surface area contributed by atoms with Gasteiger partial charge in [0.2, 0.25) is 0 Å². The number of rotatable bonds is 4. The van der Waals surface area contributed by atoms with Crippen LogP contribution in [0.15, 0.2) is 66.7 Å². The van der Waals surface area contributed by atoms with Crippen LogP contribution in [0.1, 0.15) is 31.1 Å². The van der Waals surface area contributed by atoms with E-state index in [2.05, 4.69) is 0 Å². The van der Waals surface area contributed by atoms with Gasteiger partial charge in [-0.3, -0.25) is 19.7 Å². The predicted octanol–water partition coefficient (Wildman–Crippen LogP) is 3.32. The molecule has 1 aliphatic rings. The van der Waals surface area contributed by atoms with Gasteiger partial charge in [0, 0.05) is 12.1 Å². The number of fused-ring (bicyclic) bond motifs is 1. The van der Waals surface area contributed by atoms with Crippen LogP contribution in [0.25, 0.3) is 0 Å². The molecule has 9 heteroatoms. The van der Waals surface area contributed by atoms with Crippen molar-refractivity contribution in [3.8, 4) is 11.5 Å². The number of aromatic hydroxyl groups is 1. The summed E-state index contributed by atoms with van der Waals surface area (Å²) < 4.78 is 5.16. The largest absolute Gasteiger partial charge is 0.507 e. The Morgan fingerprint density at radius 3 is 2.37 bits per heavy atom. The van der Waals surface area contributed by atoms with Gasteiger partial charge in [-0.05, 0) is 30.3 Å². The Bertz CT molecular complexity index is 1220. The number of imide groups is 1. The molecule has 3 aromatic rings. The van der Waals surface area contributed by atoms with Gasteiger partial charge in [-0.1, -0.05) is 24.3 Å². The minimum absolute atomic E-state index is 0.0377. The number of para-hydroxylation sites is 1. The van der Waals surface area contributed by atoms with Crippen molar-refractivity contribution >= 4 is 29.2 Å². The van der Waals surface area contributed by atoms with E-state index in [0.717, 1.165) is 12.1 Å². The van der Waals surface area contributed by atoms with Gasteiger partial charge in [-0.25, -0.2) is 9.69 Å². The Kier molecular flexibility index (Phi) is 4.47. The Balaban J connectivity index is 1.66. The van der Waals surface area contributed by atoms with Crippen LogP contribution in [0.4, 0.5) is 11.4 Å². The van der Waals surface area contributed by atoms with E-state index < -0.39 is 34.1 Å². The highest BCUT2D eigenvalue weighted by atomic mass is 16.6. The van der Waals surface area contributed by atoms with E-state index >= 15 is 0 Å². The SMILES string of the molecule is O=C(Oc1ccccc1)c1ccc(N2C(=O)c3cccc([N+](=O)[O-])c3C2=O)cc1O. The number of amides is 2. The number of benzene rings is 3.